The van der Waals surface area contributed by atoms with Gasteiger partial charge >= 0.3 is 0 Å². The summed E-state index contributed by atoms with van der Waals surface area (Å²) in [6, 6.07) is 8.31. The maximum Gasteiger partial charge on any atom is 0.243 e. The van der Waals surface area contributed by atoms with Gasteiger partial charge in [-0.1, -0.05) is 12.5 Å². The summed E-state index contributed by atoms with van der Waals surface area (Å²) in [5.41, 5.74) is 3.49. The number of aromatic nitrogens is 2. The van der Waals surface area contributed by atoms with Crippen molar-refractivity contribution in [2.24, 2.45) is 11.3 Å². The van der Waals surface area contributed by atoms with Crippen molar-refractivity contribution in [2.45, 2.75) is 31.1 Å². The van der Waals surface area contributed by atoms with Crippen LogP contribution in [0, 0.1) is 28.8 Å². The molecular weight excluding hydrogens is 491 g/mol. The molecule has 2 atom stereocenters. The Morgan fingerprint density at radius 3 is 2.47 bits per heavy atom. The second-order valence-corrected chi connectivity index (χ2v) is 11.6. The van der Waals surface area contributed by atoms with E-state index in [0.29, 0.717) is 12.5 Å². The normalized spacial score (nSPS) is 21.4. The van der Waals surface area contributed by atoms with Crippen LogP contribution >= 0.6 is 0 Å². The summed E-state index contributed by atoms with van der Waals surface area (Å²) >= 11 is 0. The van der Waals surface area contributed by atoms with E-state index in [1.807, 2.05) is 0 Å². The standard InChI is InChI=1S/C26H26F3N3O3S/c1-26-14-17-15-30-32(23-6-4-20(27)5-7-23)25(17)10-18(26)2-3-19(26)16-31(8-9-33)36(34,35)24-12-21(28)11-22(29)13-24/h4-7,10-13,15,19,33H,2-3,8-9,14,16H2,1H3/t19-,26+/m1/s1. The number of aliphatic hydroxyl groups excluding tert-OH is 1. The fourth-order valence-corrected chi connectivity index (χ4v) is 7.03. The first-order valence-corrected chi connectivity index (χ1v) is 13.2. The monoisotopic (exact) mass is 517 g/mol. The minimum absolute atomic E-state index is 0.0780. The van der Waals surface area contributed by atoms with Crippen molar-refractivity contribution in [3.8, 4) is 5.69 Å². The van der Waals surface area contributed by atoms with E-state index in [0.717, 1.165) is 46.2 Å². The molecule has 0 unspecified atom stereocenters. The van der Waals surface area contributed by atoms with Crippen LogP contribution in [0.15, 0.2) is 59.1 Å². The lowest BCUT2D eigenvalue weighted by atomic mass is 9.70. The maximum absolute atomic E-state index is 13.8. The van der Waals surface area contributed by atoms with Crippen LogP contribution in [0.2, 0.25) is 0 Å². The Morgan fingerprint density at radius 1 is 1.11 bits per heavy atom. The third-order valence-electron chi connectivity index (χ3n) is 7.47. The van der Waals surface area contributed by atoms with E-state index in [-0.39, 0.29) is 30.2 Å². The predicted octanol–water partition coefficient (Wildman–Crippen LogP) is 4.33. The molecule has 2 aliphatic carbocycles. The highest BCUT2D eigenvalue weighted by atomic mass is 32.2. The number of halogens is 3. The average molecular weight is 518 g/mol. The zero-order valence-corrected chi connectivity index (χ0v) is 20.5. The smallest absolute Gasteiger partial charge is 0.243 e. The first-order valence-electron chi connectivity index (χ1n) is 11.7. The molecule has 5 rings (SSSR count). The molecule has 1 N–H and O–H groups in total. The van der Waals surface area contributed by atoms with Gasteiger partial charge < -0.3 is 5.11 Å². The van der Waals surface area contributed by atoms with Crippen molar-refractivity contribution < 1.29 is 26.7 Å². The van der Waals surface area contributed by atoms with E-state index < -0.39 is 33.2 Å². The van der Waals surface area contributed by atoms with E-state index in [1.165, 1.54) is 17.7 Å². The molecule has 3 aromatic rings. The van der Waals surface area contributed by atoms with E-state index in [2.05, 4.69) is 18.1 Å². The molecule has 0 aliphatic heterocycles. The molecule has 1 heterocycles. The van der Waals surface area contributed by atoms with Gasteiger partial charge in [0.2, 0.25) is 10.0 Å². The second-order valence-electron chi connectivity index (χ2n) is 9.63. The largest absolute Gasteiger partial charge is 0.395 e. The van der Waals surface area contributed by atoms with Crippen molar-refractivity contribution in [3.63, 3.8) is 0 Å². The fourth-order valence-electron chi connectivity index (χ4n) is 5.51. The SMILES string of the molecule is C[C@]12Cc3cnn(-c4ccc(F)cc4)c3C=C1CC[C@@H]2CN(CCO)S(=O)(=O)c1cc(F)cc(F)c1. The molecule has 36 heavy (non-hydrogen) atoms. The van der Waals surface area contributed by atoms with Crippen LogP contribution in [0.1, 0.15) is 31.0 Å². The molecule has 10 heteroatoms. The highest BCUT2D eigenvalue weighted by Crippen LogP contribution is 2.53. The number of benzene rings is 2. The number of sulfonamides is 1. The zero-order valence-electron chi connectivity index (χ0n) is 19.7. The summed E-state index contributed by atoms with van der Waals surface area (Å²) in [6.07, 6.45) is 6.00. The Balaban J connectivity index is 1.44. The summed E-state index contributed by atoms with van der Waals surface area (Å²) in [4.78, 5) is -0.473. The van der Waals surface area contributed by atoms with E-state index >= 15 is 0 Å². The van der Waals surface area contributed by atoms with Crippen LogP contribution in [0.3, 0.4) is 0 Å². The van der Waals surface area contributed by atoms with Crippen LogP contribution in [0.5, 0.6) is 0 Å². The Morgan fingerprint density at radius 2 is 1.81 bits per heavy atom. The molecule has 190 valence electrons. The fraction of sp³-hybridized carbons (Fsp3) is 0.346. The first kappa shape index (κ1) is 24.7. The number of rotatable bonds is 7. The number of hydrogen-bond acceptors (Lipinski definition) is 4. The van der Waals surface area contributed by atoms with E-state index in [9.17, 15) is 26.7 Å². The van der Waals surface area contributed by atoms with Gasteiger partial charge in [-0.2, -0.15) is 9.40 Å². The van der Waals surface area contributed by atoms with Gasteiger partial charge in [0, 0.05) is 19.2 Å². The molecule has 0 saturated heterocycles. The van der Waals surface area contributed by atoms with Crippen LogP contribution < -0.4 is 0 Å². The topological polar surface area (TPSA) is 75.4 Å². The van der Waals surface area contributed by atoms with E-state index in [4.69, 9.17) is 0 Å². The molecule has 1 saturated carbocycles. The molecule has 2 aromatic carbocycles. The molecule has 0 bridgehead atoms. The Bertz CT molecular complexity index is 1420. The van der Waals surface area contributed by atoms with Crippen LogP contribution in [-0.2, 0) is 16.4 Å². The van der Waals surface area contributed by atoms with Crippen molar-refractivity contribution in [2.75, 3.05) is 19.7 Å². The highest BCUT2D eigenvalue weighted by Gasteiger charge is 2.47. The zero-order chi connectivity index (χ0) is 25.7. The lowest BCUT2D eigenvalue weighted by Gasteiger charge is -2.38. The van der Waals surface area contributed by atoms with Gasteiger partial charge in [-0.3, -0.25) is 0 Å². The Labute approximate surface area is 207 Å². The average Bonchev–Trinajstić information content (AvgIpc) is 3.36. The van der Waals surface area contributed by atoms with Gasteiger partial charge in [0.1, 0.15) is 17.5 Å². The minimum atomic E-state index is -4.23. The maximum atomic E-state index is 13.8. The molecule has 0 radical (unpaired) electrons. The summed E-state index contributed by atoms with van der Waals surface area (Å²) in [5.74, 6) is -2.36. The molecule has 0 amide bonds. The third-order valence-corrected chi connectivity index (χ3v) is 9.31. The first-order chi connectivity index (χ1) is 17.1. The summed E-state index contributed by atoms with van der Waals surface area (Å²) < 4.78 is 70.4. The molecule has 2 aliphatic rings. The van der Waals surface area contributed by atoms with Crippen molar-refractivity contribution in [1.29, 1.82) is 0 Å². The lowest BCUT2D eigenvalue weighted by Crippen LogP contribution is -2.42. The predicted molar refractivity (Wildman–Crippen MR) is 128 cm³/mol. The number of allylic oxidation sites excluding steroid dienone is 1. The van der Waals surface area contributed by atoms with Gasteiger partial charge in [0.15, 0.2) is 0 Å². The molecule has 0 spiro atoms. The molecular formula is C26H26F3N3O3S. The van der Waals surface area contributed by atoms with Gasteiger partial charge in [-0.25, -0.2) is 26.3 Å². The number of aliphatic hydroxyl groups is 1. The second kappa shape index (κ2) is 9.17. The third kappa shape index (κ3) is 4.27. The Hall–Kier alpha value is -2.95. The highest BCUT2D eigenvalue weighted by molar-refractivity contribution is 7.89. The van der Waals surface area contributed by atoms with Gasteiger partial charge in [-0.15, -0.1) is 0 Å². The van der Waals surface area contributed by atoms with Gasteiger partial charge in [-0.05, 0) is 78.6 Å². The Kier molecular flexibility index (Phi) is 6.30. The van der Waals surface area contributed by atoms with Crippen molar-refractivity contribution >= 4 is 16.1 Å². The van der Waals surface area contributed by atoms with Crippen LogP contribution in [0.4, 0.5) is 13.2 Å². The number of hydrogen-bond donors (Lipinski definition) is 1. The quantitative estimate of drug-likeness (QED) is 0.506. The van der Waals surface area contributed by atoms with Gasteiger partial charge in [0.05, 0.1) is 29.1 Å². The summed E-state index contributed by atoms with van der Waals surface area (Å²) in [6.45, 7) is 1.61. The summed E-state index contributed by atoms with van der Waals surface area (Å²) in [5, 5.41) is 14.1. The number of fused-ring (bicyclic) bond motifs is 2. The van der Waals surface area contributed by atoms with Crippen molar-refractivity contribution in [1.82, 2.24) is 14.1 Å². The molecule has 1 fully saturated rings. The lowest BCUT2D eigenvalue weighted by molar-refractivity contribution is 0.194. The van der Waals surface area contributed by atoms with Gasteiger partial charge in [0.25, 0.3) is 0 Å². The van der Waals surface area contributed by atoms with Crippen molar-refractivity contribution in [3.05, 3.63) is 82.9 Å². The molecule has 6 nitrogen and oxygen atoms in total. The minimum Gasteiger partial charge on any atom is -0.395 e. The van der Waals surface area contributed by atoms with Crippen LogP contribution in [0.25, 0.3) is 11.8 Å². The van der Waals surface area contributed by atoms with E-state index in [1.54, 1.807) is 23.0 Å². The van der Waals surface area contributed by atoms with Crippen LogP contribution in [-0.4, -0.2) is 47.3 Å². The summed E-state index contributed by atoms with van der Waals surface area (Å²) in [7, 11) is -4.23. The number of nitrogens with zero attached hydrogens (tertiary/aromatic N) is 3. The molecule has 1 aromatic heterocycles.